The number of unbranched alkanes of at least 4 members (excludes halogenated alkanes) is 1. The number of carbonyl (C=O) groups is 1. The highest BCUT2D eigenvalue weighted by Gasteiger charge is 2.14. The van der Waals surface area contributed by atoms with Crippen molar-refractivity contribution in [2.75, 3.05) is 6.16 Å². The molecular weight excluding hydrogens is 232 g/mol. The summed E-state index contributed by atoms with van der Waals surface area (Å²) < 4.78 is 10.4. The zero-order chi connectivity index (χ0) is 10.5. The van der Waals surface area contributed by atoms with Crippen molar-refractivity contribution in [1.29, 1.82) is 0 Å². The number of halogens is 1. The molecule has 0 fully saturated rings. The first-order chi connectivity index (χ1) is 5.83. The van der Waals surface area contributed by atoms with Crippen LogP contribution in [-0.2, 0) is 9.36 Å². The molecule has 0 saturated carbocycles. The first-order valence-electron chi connectivity index (χ1n) is 3.86. The van der Waals surface area contributed by atoms with Crippen LogP contribution in [0.25, 0.3) is 0 Å². The van der Waals surface area contributed by atoms with Crippen LogP contribution in [0.4, 0.5) is 0 Å². The summed E-state index contributed by atoms with van der Waals surface area (Å²) in [6.45, 7) is 0. The maximum Gasteiger partial charge on any atom is 0.325 e. The second kappa shape index (κ2) is 7.20. The standard InChI is InChI=1S/C6H14NO5P.ClH/c7-5(6(8)9)3-1-2-4-13(10,11)12;/h5H,1-4,7H2,(H,8,9)(H2,10,11,12);1H. The van der Waals surface area contributed by atoms with Crippen LogP contribution in [0.1, 0.15) is 19.3 Å². The molecule has 0 spiro atoms. The van der Waals surface area contributed by atoms with Crippen molar-refractivity contribution >= 4 is 26.0 Å². The van der Waals surface area contributed by atoms with E-state index in [9.17, 15) is 9.36 Å². The number of aliphatic carboxylic acids is 1. The molecule has 0 aromatic carbocycles. The number of hydrogen-bond donors (Lipinski definition) is 4. The van der Waals surface area contributed by atoms with Crippen LogP contribution < -0.4 is 5.73 Å². The van der Waals surface area contributed by atoms with Crippen LogP contribution in [0.5, 0.6) is 0 Å². The number of hydrogen-bond acceptors (Lipinski definition) is 3. The molecular formula is C6H15ClNO5P. The maximum absolute atomic E-state index is 10.4. The molecule has 0 saturated heterocycles. The Bertz CT molecular complexity index is 218. The summed E-state index contributed by atoms with van der Waals surface area (Å²) in [4.78, 5) is 27.1. The van der Waals surface area contributed by atoms with Crippen LogP contribution in [0.3, 0.4) is 0 Å². The van der Waals surface area contributed by atoms with Gasteiger partial charge in [-0.3, -0.25) is 9.36 Å². The van der Waals surface area contributed by atoms with Gasteiger partial charge in [0, 0.05) is 6.16 Å². The summed E-state index contributed by atoms with van der Waals surface area (Å²) in [6.07, 6.45) is 0.749. The van der Waals surface area contributed by atoms with E-state index in [1.54, 1.807) is 0 Å². The highest BCUT2D eigenvalue weighted by atomic mass is 35.5. The highest BCUT2D eigenvalue weighted by molar-refractivity contribution is 7.51. The minimum absolute atomic E-state index is 0. The quantitative estimate of drug-likeness (QED) is 0.392. The van der Waals surface area contributed by atoms with Crippen LogP contribution in [-0.4, -0.2) is 33.1 Å². The van der Waals surface area contributed by atoms with E-state index in [0.717, 1.165) is 0 Å². The van der Waals surface area contributed by atoms with E-state index in [0.29, 0.717) is 12.8 Å². The van der Waals surface area contributed by atoms with Gasteiger partial charge in [0.05, 0.1) is 0 Å². The molecule has 1 atom stereocenters. The summed E-state index contributed by atoms with van der Waals surface area (Å²) in [5, 5.41) is 8.36. The van der Waals surface area contributed by atoms with Crippen LogP contribution >= 0.6 is 20.0 Å². The molecule has 0 rings (SSSR count). The molecule has 0 bridgehead atoms. The summed E-state index contributed by atoms with van der Waals surface area (Å²) >= 11 is 0. The fraction of sp³-hybridized carbons (Fsp3) is 0.833. The third-order valence-electron chi connectivity index (χ3n) is 1.53. The van der Waals surface area contributed by atoms with Crippen molar-refractivity contribution < 1.29 is 24.3 Å². The molecule has 0 aliphatic rings. The Morgan fingerprint density at radius 3 is 2.21 bits per heavy atom. The molecule has 0 aliphatic heterocycles. The highest BCUT2D eigenvalue weighted by Crippen LogP contribution is 2.35. The molecule has 1 unspecified atom stereocenters. The van der Waals surface area contributed by atoms with Crippen molar-refractivity contribution in [2.45, 2.75) is 25.3 Å². The van der Waals surface area contributed by atoms with Crippen LogP contribution in [0, 0.1) is 0 Å². The predicted octanol–water partition coefficient (Wildman–Crippen LogP) is 0.168. The van der Waals surface area contributed by atoms with Crippen molar-refractivity contribution in [3.05, 3.63) is 0 Å². The lowest BCUT2D eigenvalue weighted by molar-refractivity contribution is -0.138. The van der Waals surface area contributed by atoms with E-state index in [2.05, 4.69) is 0 Å². The average molecular weight is 248 g/mol. The van der Waals surface area contributed by atoms with Crippen molar-refractivity contribution in [3.8, 4) is 0 Å². The molecule has 14 heavy (non-hydrogen) atoms. The van der Waals surface area contributed by atoms with Gasteiger partial charge < -0.3 is 20.6 Å². The molecule has 0 amide bonds. The lowest BCUT2D eigenvalue weighted by atomic mass is 10.1. The van der Waals surface area contributed by atoms with Gasteiger partial charge in [-0.15, -0.1) is 12.4 Å². The molecule has 5 N–H and O–H groups in total. The van der Waals surface area contributed by atoms with Crippen LogP contribution in [0.15, 0.2) is 0 Å². The fourth-order valence-electron chi connectivity index (χ4n) is 0.806. The first-order valence-corrected chi connectivity index (χ1v) is 5.65. The number of carboxylic acid groups (broad SMARTS) is 1. The summed E-state index contributed by atoms with van der Waals surface area (Å²) in [7, 11) is -3.94. The van der Waals surface area contributed by atoms with Gasteiger partial charge in [-0.25, -0.2) is 0 Å². The minimum Gasteiger partial charge on any atom is -0.480 e. The monoisotopic (exact) mass is 247 g/mol. The Morgan fingerprint density at radius 1 is 1.36 bits per heavy atom. The number of rotatable bonds is 6. The molecule has 86 valence electrons. The molecule has 8 heteroatoms. The largest absolute Gasteiger partial charge is 0.480 e. The van der Waals surface area contributed by atoms with Gasteiger partial charge in [0.1, 0.15) is 6.04 Å². The van der Waals surface area contributed by atoms with E-state index < -0.39 is 19.6 Å². The van der Waals surface area contributed by atoms with Gasteiger partial charge in [-0.2, -0.15) is 0 Å². The molecule has 6 nitrogen and oxygen atoms in total. The van der Waals surface area contributed by atoms with Crippen molar-refractivity contribution in [1.82, 2.24) is 0 Å². The third-order valence-corrected chi connectivity index (χ3v) is 2.43. The third kappa shape index (κ3) is 9.95. The molecule has 0 aliphatic carbocycles. The van der Waals surface area contributed by atoms with E-state index in [-0.39, 0.29) is 25.0 Å². The lowest BCUT2D eigenvalue weighted by Crippen LogP contribution is -2.29. The average Bonchev–Trinajstić information content (AvgIpc) is 1.95. The zero-order valence-electron chi connectivity index (χ0n) is 7.50. The Hall–Kier alpha value is -0.130. The second-order valence-electron chi connectivity index (χ2n) is 2.83. The number of carboxylic acids is 1. The Labute approximate surface area is 88.1 Å². The molecule has 0 radical (unpaired) electrons. The van der Waals surface area contributed by atoms with Gasteiger partial charge in [0.2, 0.25) is 0 Å². The molecule has 0 aromatic heterocycles. The first kappa shape index (κ1) is 16.3. The van der Waals surface area contributed by atoms with Gasteiger partial charge in [0.25, 0.3) is 0 Å². The van der Waals surface area contributed by atoms with E-state index in [4.69, 9.17) is 20.6 Å². The summed E-state index contributed by atoms with van der Waals surface area (Å²) in [6, 6.07) is -0.934. The van der Waals surface area contributed by atoms with Gasteiger partial charge >= 0.3 is 13.6 Å². The van der Waals surface area contributed by atoms with Crippen molar-refractivity contribution in [2.24, 2.45) is 5.73 Å². The Kier molecular flexibility index (Phi) is 8.39. The summed E-state index contributed by atoms with van der Waals surface area (Å²) in [5.41, 5.74) is 5.17. The lowest BCUT2D eigenvalue weighted by Gasteiger charge is -2.06. The fourth-order valence-corrected chi connectivity index (χ4v) is 1.44. The second-order valence-corrected chi connectivity index (χ2v) is 4.61. The topological polar surface area (TPSA) is 121 Å². The SMILES string of the molecule is Cl.NC(CCCCP(=O)(O)O)C(=O)O. The smallest absolute Gasteiger partial charge is 0.325 e. The van der Waals surface area contributed by atoms with Crippen molar-refractivity contribution in [3.63, 3.8) is 0 Å². The van der Waals surface area contributed by atoms with Gasteiger partial charge in [-0.1, -0.05) is 6.42 Å². The molecule has 0 heterocycles. The normalized spacial score (nSPS) is 13.1. The van der Waals surface area contributed by atoms with E-state index in [1.807, 2.05) is 0 Å². The number of nitrogens with two attached hydrogens (primary N) is 1. The Balaban J connectivity index is 0. The van der Waals surface area contributed by atoms with E-state index in [1.165, 1.54) is 0 Å². The van der Waals surface area contributed by atoms with Gasteiger partial charge in [-0.05, 0) is 12.8 Å². The van der Waals surface area contributed by atoms with Crippen LogP contribution in [0.2, 0.25) is 0 Å². The van der Waals surface area contributed by atoms with E-state index >= 15 is 0 Å². The maximum atomic E-state index is 10.4. The zero-order valence-corrected chi connectivity index (χ0v) is 9.21. The Morgan fingerprint density at radius 2 is 1.86 bits per heavy atom. The predicted molar refractivity (Wildman–Crippen MR) is 53.6 cm³/mol. The molecule has 0 aromatic rings. The minimum atomic E-state index is -3.94. The summed E-state index contributed by atoms with van der Waals surface area (Å²) in [5.74, 6) is -1.09. The van der Waals surface area contributed by atoms with Gasteiger partial charge in [0.15, 0.2) is 0 Å².